The molecular weight excluding hydrogens is 344 g/mol. The van der Waals surface area contributed by atoms with Crippen LogP contribution in [0, 0.1) is 17.0 Å². The zero-order chi connectivity index (χ0) is 18.0. The number of aromatic nitrogens is 1. The molecule has 0 bridgehead atoms. The third-order valence-electron chi connectivity index (χ3n) is 4.11. The molecule has 0 saturated carbocycles. The predicted octanol–water partition coefficient (Wildman–Crippen LogP) is 2.59. The van der Waals surface area contributed by atoms with Crippen LogP contribution in [0.5, 0.6) is 0 Å². The first kappa shape index (κ1) is 17.0. The average Bonchev–Trinajstić information content (AvgIpc) is 3.24. The molecule has 0 aliphatic carbocycles. The molecule has 0 radical (unpaired) electrons. The monoisotopic (exact) mass is 360 g/mol. The number of carbonyl (C=O) groups excluding carboxylic acids is 2. The zero-order valence-corrected chi connectivity index (χ0v) is 14.4. The number of likely N-dealkylation sites (tertiary alicyclic amines) is 1. The van der Waals surface area contributed by atoms with E-state index in [0.29, 0.717) is 23.7 Å². The molecule has 0 unspecified atom stereocenters. The van der Waals surface area contributed by atoms with Crippen LogP contribution >= 0.6 is 11.3 Å². The maximum Gasteiger partial charge on any atom is 0.273 e. The second-order valence-corrected chi connectivity index (χ2v) is 6.53. The Morgan fingerprint density at radius 1 is 1.48 bits per heavy atom. The van der Waals surface area contributed by atoms with E-state index < -0.39 is 10.8 Å². The highest BCUT2D eigenvalue weighted by Crippen LogP contribution is 2.26. The smallest absolute Gasteiger partial charge is 0.273 e. The summed E-state index contributed by atoms with van der Waals surface area (Å²) < 4.78 is 0. The van der Waals surface area contributed by atoms with Crippen LogP contribution in [0.2, 0.25) is 0 Å². The standard InChI is InChI=1S/C16H16N4O4S/c1-11-12(4-2-5-13(11)20(23)24)15(22)19(16-17-7-9-25-16)10-18-8-3-6-14(18)21/h2,4-5,7,9H,3,6,8,10H2,1H3. The fourth-order valence-electron chi connectivity index (χ4n) is 2.78. The number of thiazole rings is 1. The Kier molecular flexibility index (Phi) is 4.75. The van der Waals surface area contributed by atoms with Gasteiger partial charge in [-0.25, -0.2) is 4.98 Å². The molecule has 0 atom stereocenters. The summed E-state index contributed by atoms with van der Waals surface area (Å²) in [6.07, 6.45) is 2.80. The van der Waals surface area contributed by atoms with Gasteiger partial charge in [-0.3, -0.25) is 24.6 Å². The van der Waals surface area contributed by atoms with Crippen LogP contribution in [0.25, 0.3) is 0 Å². The molecule has 25 heavy (non-hydrogen) atoms. The van der Waals surface area contributed by atoms with Gasteiger partial charge in [0.25, 0.3) is 11.6 Å². The SMILES string of the molecule is Cc1c(C(=O)N(CN2CCCC2=O)c2nccs2)cccc1[N+](=O)[O-]. The predicted molar refractivity (Wildman–Crippen MR) is 92.6 cm³/mol. The highest BCUT2D eigenvalue weighted by molar-refractivity contribution is 7.13. The van der Waals surface area contributed by atoms with Gasteiger partial charge in [0.1, 0.15) is 6.67 Å². The lowest BCUT2D eigenvalue weighted by molar-refractivity contribution is -0.385. The molecule has 130 valence electrons. The van der Waals surface area contributed by atoms with E-state index in [1.54, 1.807) is 29.5 Å². The summed E-state index contributed by atoms with van der Waals surface area (Å²) in [6, 6.07) is 4.40. The van der Waals surface area contributed by atoms with Crippen LogP contribution in [-0.2, 0) is 4.79 Å². The third kappa shape index (κ3) is 3.36. The Hall–Kier alpha value is -2.81. The van der Waals surface area contributed by atoms with Crippen LogP contribution in [0.1, 0.15) is 28.8 Å². The van der Waals surface area contributed by atoms with E-state index in [1.165, 1.54) is 28.4 Å². The molecule has 1 aliphatic rings. The van der Waals surface area contributed by atoms with Crippen molar-refractivity contribution in [2.45, 2.75) is 19.8 Å². The summed E-state index contributed by atoms with van der Waals surface area (Å²) in [5.41, 5.74) is 0.421. The lowest BCUT2D eigenvalue weighted by Crippen LogP contribution is -2.42. The van der Waals surface area contributed by atoms with Gasteiger partial charge in [-0.05, 0) is 19.4 Å². The van der Waals surface area contributed by atoms with E-state index in [-0.39, 0.29) is 23.8 Å². The molecule has 1 aliphatic heterocycles. The lowest BCUT2D eigenvalue weighted by Gasteiger charge is -2.26. The van der Waals surface area contributed by atoms with Crippen molar-refractivity contribution in [2.24, 2.45) is 0 Å². The fraction of sp³-hybridized carbons (Fsp3) is 0.312. The van der Waals surface area contributed by atoms with Crippen LogP contribution < -0.4 is 4.90 Å². The maximum absolute atomic E-state index is 13.1. The molecule has 1 aromatic carbocycles. The third-order valence-corrected chi connectivity index (χ3v) is 4.91. The van der Waals surface area contributed by atoms with Crippen LogP contribution in [0.4, 0.5) is 10.8 Å². The first-order chi connectivity index (χ1) is 12.0. The molecule has 2 amide bonds. The van der Waals surface area contributed by atoms with Crippen molar-refractivity contribution in [3.8, 4) is 0 Å². The van der Waals surface area contributed by atoms with Gasteiger partial charge in [0.15, 0.2) is 5.13 Å². The van der Waals surface area contributed by atoms with Crippen molar-refractivity contribution < 1.29 is 14.5 Å². The number of nitrogens with zero attached hydrogens (tertiary/aromatic N) is 4. The van der Waals surface area contributed by atoms with Crippen LogP contribution in [-0.4, -0.2) is 39.8 Å². The van der Waals surface area contributed by atoms with E-state index in [4.69, 9.17) is 0 Å². The van der Waals surface area contributed by atoms with Crippen molar-refractivity contribution >= 4 is 34.0 Å². The van der Waals surface area contributed by atoms with E-state index in [1.807, 2.05) is 0 Å². The minimum atomic E-state index is -0.510. The van der Waals surface area contributed by atoms with Crippen molar-refractivity contribution in [1.82, 2.24) is 9.88 Å². The number of rotatable bonds is 5. The Bertz CT molecular complexity index is 822. The second kappa shape index (κ2) is 6.98. The number of hydrogen-bond acceptors (Lipinski definition) is 6. The van der Waals surface area contributed by atoms with Gasteiger partial charge < -0.3 is 4.90 Å². The normalized spacial score (nSPS) is 14.0. The highest BCUT2D eigenvalue weighted by Gasteiger charge is 2.29. The van der Waals surface area contributed by atoms with Gasteiger partial charge in [0, 0.05) is 41.7 Å². The molecule has 8 nitrogen and oxygen atoms in total. The number of anilines is 1. The fourth-order valence-corrected chi connectivity index (χ4v) is 3.42. The number of benzene rings is 1. The first-order valence-corrected chi connectivity index (χ1v) is 8.60. The van der Waals surface area contributed by atoms with Gasteiger partial charge in [-0.1, -0.05) is 6.07 Å². The van der Waals surface area contributed by atoms with E-state index in [2.05, 4.69) is 4.98 Å². The van der Waals surface area contributed by atoms with Gasteiger partial charge in [0.05, 0.1) is 4.92 Å². The number of nitro groups is 1. The molecule has 2 aromatic rings. The average molecular weight is 360 g/mol. The van der Waals surface area contributed by atoms with Crippen molar-refractivity contribution in [3.05, 3.63) is 51.0 Å². The molecule has 1 fully saturated rings. The lowest BCUT2D eigenvalue weighted by atomic mass is 10.1. The first-order valence-electron chi connectivity index (χ1n) is 7.72. The second-order valence-electron chi connectivity index (χ2n) is 5.66. The Morgan fingerprint density at radius 3 is 2.88 bits per heavy atom. The van der Waals surface area contributed by atoms with Gasteiger partial charge in [0.2, 0.25) is 5.91 Å². The van der Waals surface area contributed by atoms with E-state index in [9.17, 15) is 19.7 Å². The Labute approximate surface area is 147 Å². The van der Waals surface area contributed by atoms with E-state index >= 15 is 0 Å². The van der Waals surface area contributed by atoms with Crippen molar-refractivity contribution in [3.63, 3.8) is 0 Å². The molecule has 1 aromatic heterocycles. The largest absolute Gasteiger partial charge is 0.324 e. The van der Waals surface area contributed by atoms with Crippen molar-refractivity contribution in [1.29, 1.82) is 0 Å². The number of hydrogen-bond donors (Lipinski definition) is 0. The summed E-state index contributed by atoms with van der Waals surface area (Å²) in [5, 5.41) is 13.3. The quantitative estimate of drug-likeness (QED) is 0.603. The van der Waals surface area contributed by atoms with Crippen LogP contribution in [0.3, 0.4) is 0 Å². The minimum Gasteiger partial charge on any atom is -0.324 e. The van der Waals surface area contributed by atoms with Crippen molar-refractivity contribution in [2.75, 3.05) is 18.1 Å². The maximum atomic E-state index is 13.1. The number of nitro benzene ring substituents is 1. The Morgan fingerprint density at radius 2 is 2.28 bits per heavy atom. The van der Waals surface area contributed by atoms with Crippen LogP contribution in [0.15, 0.2) is 29.8 Å². The molecule has 3 rings (SSSR count). The molecule has 0 spiro atoms. The van der Waals surface area contributed by atoms with Gasteiger partial charge in [-0.2, -0.15) is 0 Å². The number of carbonyl (C=O) groups is 2. The molecule has 2 heterocycles. The summed E-state index contributed by atoms with van der Waals surface area (Å²) >= 11 is 1.28. The summed E-state index contributed by atoms with van der Waals surface area (Å²) in [7, 11) is 0. The van der Waals surface area contributed by atoms with Gasteiger partial charge >= 0.3 is 0 Å². The molecule has 0 N–H and O–H groups in total. The van der Waals surface area contributed by atoms with Gasteiger partial charge in [-0.15, -0.1) is 11.3 Å². The summed E-state index contributed by atoms with van der Waals surface area (Å²) in [5.74, 6) is -0.416. The highest BCUT2D eigenvalue weighted by atomic mass is 32.1. The summed E-state index contributed by atoms with van der Waals surface area (Å²) in [6.45, 7) is 2.22. The molecular formula is C16H16N4O4S. The summed E-state index contributed by atoms with van der Waals surface area (Å²) in [4.78, 5) is 42.8. The topological polar surface area (TPSA) is 96.7 Å². The van der Waals surface area contributed by atoms with E-state index in [0.717, 1.165) is 6.42 Å². The Balaban J connectivity index is 1.96. The number of amides is 2. The zero-order valence-electron chi connectivity index (χ0n) is 13.5. The molecule has 9 heteroatoms. The minimum absolute atomic E-state index is 0.00915. The molecule has 1 saturated heterocycles.